The van der Waals surface area contributed by atoms with Gasteiger partial charge >= 0.3 is 0 Å². The molecule has 3 heteroatoms. The first kappa shape index (κ1) is 14.7. The topological polar surface area (TPSA) is 12.0 Å². The second-order valence-electron chi connectivity index (χ2n) is 4.02. The third-order valence-electron chi connectivity index (χ3n) is 2.66. The second kappa shape index (κ2) is 7.91. The number of rotatable bonds is 7. The monoisotopic (exact) mass is 315 g/mol. The molecule has 0 heterocycles. The standard InChI is InChI=1S/C14H19BrClN/c1-3-5-9-13(17-10-4-2)11-7-6-8-12(15)14(11)16/h3,6-8,13,17H,1,4-5,9-10H2,2H3. The lowest BCUT2D eigenvalue weighted by molar-refractivity contribution is 0.503. The predicted octanol–water partition coefficient (Wildman–Crippen LogP) is 5.11. The highest BCUT2D eigenvalue weighted by Gasteiger charge is 2.14. The van der Waals surface area contributed by atoms with Gasteiger partial charge in [-0.2, -0.15) is 0 Å². The van der Waals surface area contributed by atoms with Gasteiger partial charge in [-0.25, -0.2) is 0 Å². The summed E-state index contributed by atoms with van der Waals surface area (Å²) in [6.07, 6.45) is 5.09. The summed E-state index contributed by atoms with van der Waals surface area (Å²) in [5.74, 6) is 0. The molecule has 0 aliphatic heterocycles. The molecule has 0 aromatic heterocycles. The Balaban J connectivity index is 2.86. The van der Waals surface area contributed by atoms with Crippen LogP contribution in [0.1, 0.15) is 37.8 Å². The molecule has 0 aliphatic carbocycles. The lowest BCUT2D eigenvalue weighted by atomic mass is 10.0. The van der Waals surface area contributed by atoms with Gasteiger partial charge in [0.05, 0.1) is 5.02 Å². The average Bonchev–Trinajstić information content (AvgIpc) is 2.34. The largest absolute Gasteiger partial charge is 0.310 e. The Morgan fingerprint density at radius 2 is 2.29 bits per heavy atom. The van der Waals surface area contributed by atoms with Crippen LogP contribution in [0.4, 0.5) is 0 Å². The summed E-state index contributed by atoms with van der Waals surface area (Å²) in [6, 6.07) is 6.39. The van der Waals surface area contributed by atoms with E-state index in [-0.39, 0.29) is 0 Å². The van der Waals surface area contributed by atoms with Gasteiger partial charge in [-0.05, 0) is 53.4 Å². The predicted molar refractivity (Wildman–Crippen MR) is 79.6 cm³/mol. The first-order chi connectivity index (χ1) is 8.20. The molecule has 1 N–H and O–H groups in total. The summed E-state index contributed by atoms with van der Waals surface area (Å²) < 4.78 is 0.957. The van der Waals surface area contributed by atoms with Crippen molar-refractivity contribution in [2.24, 2.45) is 0 Å². The first-order valence-electron chi connectivity index (χ1n) is 5.98. The fraction of sp³-hybridized carbons (Fsp3) is 0.429. The van der Waals surface area contributed by atoms with Crippen molar-refractivity contribution < 1.29 is 0 Å². The van der Waals surface area contributed by atoms with E-state index in [2.05, 4.69) is 40.8 Å². The molecule has 0 saturated carbocycles. The SMILES string of the molecule is C=CCCC(NCCC)c1cccc(Br)c1Cl. The second-order valence-corrected chi connectivity index (χ2v) is 5.25. The quantitative estimate of drug-likeness (QED) is 0.689. The summed E-state index contributed by atoms with van der Waals surface area (Å²) >= 11 is 9.80. The maximum atomic E-state index is 6.33. The smallest absolute Gasteiger partial charge is 0.0595 e. The Morgan fingerprint density at radius 1 is 1.53 bits per heavy atom. The van der Waals surface area contributed by atoms with Crippen LogP contribution in [0.25, 0.3) is 0 Å². The molecule has 1 rings (SSSR count). The summed E-state index contributed by atoms with van der Waals surface area (Å²) in [5, 5.41) is 4.35. The molecular formula is C14H19BrClN. The average molecular weight is 317 g/mol. The highest BCUT2D eigenvalue weighted by molar-refractivity contribution is 9.10. The molecule has 17 heavy (non-hydrogen) atoms. The van der Waals surface area contributed by atoms with E-state index in [1.54, 1.807) is 0 Å². The molecule has 94 valence electrons. The van der Waals surface area contributed by atoms with Crippen molar-refractivity contribution >= 4 is 27.5 Å². The van der Waals surface area contributed by atoms with E-state index in [1.165, 1.54) is 0 Å². The van der Waals surface area contributed by atoms with Crippen molar-refractivity contribution in [1.82, 2.24) is 5.32 Å². The molecule has 0 fully saturated rings. The van der Waals surface area contributed by atoms with Crippen molar-refractivity contribution in [3.8, 4) is 0 Å². The van der Waals surface area contributed by atoms with E-state index < -0.39 is 0 Å². The highest BCUT2D eigenvalue weighted by Crippen LogP contribution is 2.32. The van der Waals surface area contributed by atoms with E-state index in [1.807, 2.05) is 18.2 Å². The van der Waals surface area contributed by atoms with Crippen LogP contribution in [0, 0.1) is 0 Å². The third-order valence-corrected chi connectivity index (χ3v) is 3.97. The minimum absolute atomic E-state index is 0.304. The fourth-order valence-corrected chi connectivity index (χ4v) is 2.40. The van der Waals surface area contributed by atoms with Crippen molar-refractivity contribution in [3.63, 3.8) is 0 Å². The number of hydrogen-bond acceptors (Lipinski definition) is 1. The lowest BCUT2D eigenvalue weighted by Crippen LogP contribution is -2.22. The Hall–Kier alpha value is -0.310. The van der Waals surface area contributed by atoms with Gasteiger partial charge < -0.3 is 5.32 Å². The third kappa shape index (κ3) is 4.46. The molecule has 0 radical (unpaired) electrons. The normalized spacial score (nSPS) is 12.4. The zero-order chi connectivity index (χ0) is 12.7. The van der Waals surface area contributed by atoms with Crippen LogP contribution in [0.5, 0.6) is 0 Å². The maximum absolute atomic E-state index is 6.33. The van der Waals surface area contributed by atoms with E-state index >= 15 is 0 Å². The van der Waals surface area contributed by atoms with Gasteiger partial charge in [-0.15, -0.1) is 6.58 Å². The molecule has 0 bridgehead atoms. The van der Waals surface area contributed by atoms with Crippen LogP contribution < -0.4 is 5.32 Å². The number of hydrogen-bond donors (Lipinski definition) is 1. The maximum Gasteiger partial charge on any atom is 0.0595 e. The number of nitrogens with one attached hydrogen (secondary N) is 1. The van der Waals surface area contributed by atoms with Crippen molar-refractivity contribution in [1.29, 1.82) is 0 Å². The van der Waals surface area contributed by atoms with E-state index in [0.717, 1.165) is 40.9 Å². The van der Waals surface area contributed by atoms with Crippen molar-refractivity contribution in [3.05, 3.63) is 45.9 Å². The van der Waals surface area contributed by atoms with Crippen LogP contribution in [-0.2, 0) is 0 Å². The molecule has 1 aromatic rings. The van der Waals surface area contributed by atoms with E-state index in [9.17, 15) is 0 Å². The van der Waals surface area contributed by atoms with Gasteiger partial charge in [0.25, 0.3) is 0 Å². The van der Waals surface area contributed by atoms with Crippen LogP contribution in [0.15, 0.2) is 35.3 Å². The molecule has 1 aromatic carbocycles. The van der Waals surface area contributed by atoms with Crippen LogP contribution >= 0.6 is 27.5 Å². The van der Waals surface area contributed by atoms with Crippen LogP contribution in [0.2, 0.25) is 5.02 Å². The van der Waals surface area contributed by atoms with Gasteiger partial charge in [-0.3, -0.25) is 0 Å². The van der Waals surface area contributed by atoms with E-state index in [4.69, 9.17) is 11.6 Å². The Labute approximate surface area is 117 Å². The molecule has 0 spiro atoms. The number of halogens is 2. The van der Waals surface area contributed by atoms with Gasteiger partial charge in [0.1, 0.15) is 0 Å². The molecule has 0 aliphatic rings. The van der Waals surface area contributed by atoms with Crippen molar-refractivity contribution in [2.75, 3.05) is 6.54 Å². The van der Waals surface area contributed by atoms with Crippen molar-refractivity contribution in [2.45, 2.75) is 32.2 Å². The number of allylic oxidation sites excluding steroid dienone is 1. The van der Waals surface area contributed by atoms with E-state index in [0.29, 0.717) is 6.04 Å². The zero-order valence-electron chi connectivity index (χ0n) is 10.2. The highest BCUT2D eigenvalue weighted by atomic mass is 79.9. The molecule has 1 nitrogen and oxygen atoms in total. The summed E-state index contributed by atoms with van der Waals surface area (Å²) in [7, 11) is 0. The molecule has 0 saturated heterocycles. The molecule has 1 unspecified atom stereocenters. The Morgan fingerprint density at radius 3 is 2.94 bits per heavy atom. The van der Waals surface area contributed by atoms with Gasteiger partial charge in [0.2, 0.25) is 0 Å². The minimum Gasteiger partial charge on any atom is -0.310 e. The molecule has 1 atom stereocenters. The van der Waals surface area contributed by atoms with Gasteiger partial charge in [0.15, 0.2) is 0 Å². The minimum atomic E-state index is 0.304. The van der Waals surface area contributed by atoms with Crippen LogP contribution in [0.3, 0.4) is 0 Å². The summed E-state index contributed by atoms with van der Waals surface area (Å²) in [5.41, 5.74) is 1.16. The number of benzene rings is 1. The molecule has 0 amide bonds. The first-order valence-corrected chi connectivity index (χ1v) is 7.16. The lowest BCUT2D eigenvalue weighted by Gasteiger charge is -2.20. The van der Waals surface area contributed by atoms with Gasteiger partial charge in [-0.1, -0.05) is 36.7 Å². The molecular weight excluding hydrogens is 298 g/mol. The fourth-order valence-electron chi connectivity index (χ4n) is 1.76. The summed E-state index contributed by atoms with van der Waals surface area (Å²) in [6.45, 7) is 6.95. The Bertz CT molecular complexity index is 365. The van der Waals surface area contributed by atoms with Gasteiger partial charge in [0, 0.05) is 10.5 Å². The Kier molecular flexibility index (Phi) is 6.86. The van der Waals surface area contributed by atoms with Crippen LogP contribution in [-0.4, -0.2) is 6.54 Å². The summed E-state index contributed by atoms with van der Waals surface area (Å²) in [4.78, 5) is 0. The zero-order valence-corrected chi connectivity index (χ0v) is 12.5.